The molecule has 172 valence electrons. The van der Waals surface area contributed by atoms with E-state index in [9.17, 15) is 14.3 Å². The van der Waals surface area contributed by atoms with Gasteiger partial charge >= 0.3 is 0 Å². The molecular weight excluding hydrogens is 435 g/mol. The van der Waals surface area contributed by atoms with Crippen molar-refractivity contribution in [2.75, 3.05) is 31.0 Å². The topological polar surface area (TPSA) is 81.7 Å². The summed E-state index contributed by atoms with van der Waals surface area (Å²) in [6, 6.07) is 18.2. The first-order valence-corrected chi connectivity index (χ1v) is 10.7. The summed E-state index contributed by atoms with van der Waals surface area (Å²) >= 11 is 0. The lowest BCUT2D eigenvalue weighted by Crippen LogP contribution is -2.29. The predicted octanol–water partition coefficient (Wildman–Crippen LogP) is 4.75. The fourth-order valence-electron chi connectivity index (χ4n) is 4.33. The summed E-state index contributed by atoms with van der Waals surface area (Å²) in [6.45, 7) is 0. The Balaban J connectivity index is 1.70. The van der Waals surface area contributed by atoms with E-state index >= 15 is 0 Å². The molecule has 1 aromatic heterocycles. The molecule has 1 amide bonds. The van der Waals surface area contributed by atoms with Gasteiger partial charge in [-0.2, -0.15) is 5.10 Å². The van der Waals surface area contributed by atoms with E-state index in [1.807, 2.05) is 43.3 Å². The van der Waals surface area contributed by atoms with Crippen LogP contribution in [-0.2, 0) is 0 Å². The van der Waals surface area contributed by atoms with Gasteiger partial charge in [-0.3, -0.25) is 14.8 Å². The fraction of sp³-hybridized carbons (Fsp3) is 0.154. The molecule has 7 nitrogen and oxygen atoms in total. The largest absolute Gasteiger partial charge is 0.504 e. The predicted molar refractivity (Wildman–Crippen MR) is 128 cm³/mol. The van der Waals surface area contributed by atoms with Crippen LogP contribution in [0.25, 0.3) is 11.3 Å². The molecule has 34 heavy (non-hydrogen) atoms. The quantitative estimate of drug-likeness (QED) is 0.451. The Bertz CT molecular complexity index is 1360. The third-order valence-corrected chi connectivity index (χ3v) is 6.05. The lowest BCUT2D eigenvalue weighted by molar-refractivity contribution is 0.0988. The molecule has 0 saturated heterocycles. The van der Waals surface area contributed by atoms with Crippen LogP contribution >= 0.6 is 0 Å². The molecule has 3 aromatic carbocycles. The zero-order valence-corrected chi connectivity index (χ0v) is 18.9. The molecule has 0 unspecified atom stereocenters. The van der Waals surface area contributed by atoms with Crippen molar-refractivity contribution in [3.05, 3.63) is 89.4 Å². The van der Waals surface area contributed by atoms with Crippen molar-refractivity contribution < 1.29 is 19.0 Å². The summed E-state index contributed by atoms with van der Waals surface area (Å²) in [5.74, 6) is -0.281. The number of halogens is 1. The summed E-state index contributed by atoms with van der Waals surface area (Å²) in [6.07, 6.45) is 0. The minimum absolute atomic E-state index is 0.00337. The van der Waals surface area contributed by atoms with Crippen LogP contribution in [0.4, 0.5) is 15.8 Å². The summed E-state index contributed by atoms with van der Waals surface area (Å²) in [5.41, 5.74) is 4.75. The standard InChI is InChI=1S/C26H23FN4O3/c1-30(2)18-9-11-19(12-10-18)31-25(16-6-13-20(32)21(14-16)34-3)22-23(28-29-24(22)26(31)33)15-4-7-17(27)8-5-15/h4-14,25,32H,1-3H3,(H,28,29)/t25-/m0/s1. The first kappa shape index (κ1) is 21.5. The molecule has 0 radical (unpaired) electrons. The lowest BCUT2D eigenvalue weighted by atomic mass is 9.95. The number of hydrogen-bond acceptors (Lipinski definition) is 5. The molecule has 1 aliphatic rings. The first-order chi connectivity index (χ1) is 16.4. The highest BCUT2D eigenvalue weighted by Crippen LogP contribution is 2.46. The number of hydrogen-bond donors (Lipinski definition) is 2. The number of aromatic nitrogens is 2. The highest BCUT2D eigenvalue weighted by atomic mass is 19.1. The number of carbonyl (C=O) groups excluding carboxylic acids is 1. The SMILES string of the molecule is COc1cc([C@H]2c3c(-c4ccc(F)cc4)n[nH]c3C(=O)N2c2ccc(N(C)C)cc2)ccc1O. The minimum atomic E-state index is -0.541. The van der Waals surface area contributed by atoms with Crippen LogP contribution in [0.2, 0.25) is 0 Å². The highest BCUT2D eigenvalue weighted by molar-refractivity contribution is 6.11. The van der Waals surface area contributed by atoms with Gasteiger partial charge in [-0.25, -0.2) is 4.39 Å². The molecule has 8 heteroatoms. The number of phenolic OH excluding ortho intramolecular Hbond substituents is 1. The number of rotatable bonds is 5. The zero-order valence-electron chi connectivity index (χ0n) is 18.9. The number of aromatic amines is 1. The molecule has 2 heterocycles. The van der Waals surface area contributed by atoms with Gasteiger partial charge < -0.3 is 14.7 Å². The summed E-state index contributed by atoms with van der Waals surface area (Å²) in [5, 5.41) is 17.4. The molecule has 0 aliphatic carbocycles. The van der Waals surface area contributed by atoms with Crippen LogP contribution < -0.4 is 14.5 Å². The maximum atomic E-state index is 13.6. The normalized spacial score (nSPS) is 14.9. The summed E-state index contributed by atoms with van der Waals surface area (Å²) in [4.78, 5) is 17.3. The number of nitrogens with one attached hydrogen (secondary N) is 1. The molecule has 1 atom stereocenters. The Morgan fingerprint density at radius 1 is 1.06 bits per heavy atom. The number of nitrogens with zero attached hydrogens (tertiary/aromatic N) is 3. The van der Waals surface area contributed by atoms with E-state index in [0.29, 0.717) is 34.0 Å². The Morgan fingerprint density at radius 2 is 1.76 bits per heavy atom. The molecule has 0 spiro atoms. The van der Waals surface area contributed by atoms with Crippen molar-refractivity contribution >= 4 is 17.3 Å². The average Bonchev–Trinajstić information content (AvgIpc) is 3.39. The van der Waals surface area contributed by atoms with Crippen LogP contribution in [0.15, 0.2) is 66.7 Å². The number of methoxy groups -OCH3 is 1. The number of aromatic hydroxyl groups is 1. The van der Waals surface area contributed by atoms with Crippen LogP contribution in [-0.4, -0.2) is 42.4 Å². The Kier molecular flexibility index (Phi) is 5.20. The van der Waals surface area contributed by atoms with Crippen LogP contribution in [0, 0.1) is 5.82 Å². The molecule has 2 N–H and O–H groups in total. The van der Waals surface area contributed by atoms with Gasteiger partial charge in [0.1, 0.15) is 11.5 Å². The maximum Gasteiger partial charge on any atom is 0.277 e. The molecule has 4 aromatic rings. The summed E-state index contributed by atoms with van der Waals surface area (Å²) in [7, 11) is 5.38. The van der Waals surface area contributed by atoms with Crippen LogP contribution in [0.1, 0.15) is 27.7 Å². The van der Waals surface area contributed by atoms with Crippen molar-refractivity contribution in [1.29, 1.82) is 0 Å². The Morgan fingerprint density at radius 3 is 2.41 bits per heavy atom. The number of H-pyrrole nitrogens is 1. The molecule has 5 rings (SSSR count). The number of phenols is 1. The highest BCUT2D eigenvalue weighted by Gasteiger charge is 2.43. The second kappa shape index (κ2) is 8.22. The molecule has 1 aliphatic heterocycles. The van der Waals surface area contributed by atoms with Gasteiger partial charge in [0.2, 0.25) is 0 Å². The van der Waals surface area contributed by atoms with E-state index in [2.05, 4.69) is 10.2 Å². The fourth-order valence-corrected chi connectivity index (χ4v) is 4.33. The van der Waals surface area contributed by atoms with E-state index < -0.39 is 6.04 Å². The van der Waals surface area contributed by atoms with Crippen molar-refractivity contribution in [3.8, 4) is 22.8 Å². The second-order valence-corrected chi connectivity index (χ2v) is 8.29. The van der Waals surface area contributed by atoms with E-state index in [4.69, 9.17) is 4.74 Å². The molecule has 0 fully saturated rings. The number of carbonyl (C=O) groups is 1. The molecule has 0 saturated carbocycles. The van der Waals surface area contributed by atoms with Crippen LogP contribution in [0.5, 0.6) is 11.5 Å². The van der Waals surface area contributed by atoms with Gasteiger partial charge in [0.15, 0.2) is 11.5 Å². The zero-order chi connectivity index (χ0) is 24.0. The smallest absolute Gasteiger partial charge is 0.277 e. The monoisotopic (exact) mass is 458 g/mol. The maximum absolute atomic E-state index is 13.6. The van der Waals surface area contributed by atoms with Gasteiger partial charge in [0, 0.05) is 36.6 Å². The third kappa shape index (κ3) is 3.44. The number of amides is 1. The average molecular weight is 458 g/mol. The number of ether oxygens (including phenoxy) is 1. The van der Waals surface area contributed by atoms with E-state index in [1.165, 1.54) is 19.2 Å². The third-order valence-electron chi connectivity index (χ3n) is 6.05. The van der Waals surface area contributed by atoms with Gasteiger partial charge in [0.05, 0.1) is 18.8 Å². The van der Waals surface area contributed by atoms with Gasteiger partial charge in [-0.1, -0.05) is 6.07 Å². The number of benzene rings is 3. The molecule has 0 bridgehead atoms. The van der Waals surface area contributed by atoms with Gasteiger partial charge in [0.25, 0.3) is 5.91 Å². The number of anilines is 2. The van der Waals surface area contributed by atoms with Crippen molar-refractivity contribution in [2.24, 2.45) is 0 Å². The van der Waals surface area contributed by atoms with E-state index in [0.717, 1.165) is 11.3 Å². The molecular formula is C26H23FN4O3. The Hall–Kier alpha value is -4.33. The van der Waals surface area contributed by atoms with Crippen molar-refractivity contribution in [2.45, 2.75) is 6.04 Å². The summed E-state index contributed by atoms with van der Waals surface area (Å²) < 4.78 is 18.9. The van der Waals surface area contributed by atoms with E-state index in [1.54, 1.807) is 35.2 Å². The number of fused-ring (bicyclic) bond motifs is 1. The van der Waals surface area contributed by atoms with Gasteiger partial charge in [-0.15, -0.1) is 0 Å². The lowest BCUT2D eigenvalue weighted by Gasteiger charge is -2.27. The van der Waals surface area contributed by atoms with E-state index in [-0.39, 0.29) is 17.5 Å². The van der Waals surface area contributed by atoms with Gasteiger partial charge in [-0.05, 0) is 66.2 Å². The first-order valence-electron chi connectivity index (χ1n) is 10.7. The van der Waals surface area contributed by atoms with Crippen molar-refractivity contribution in [1.82, 2.24) is 10.2 Å². The van der Waals surface area contributed by atoms with Crippen molar-refractivity contribution in [3.63, 3.8) is 0 Å². The van der Waals surface area contributed by atoms with Crippen LogP contribution in [0.3, 0.4) is 0 Å². The Labute approximate surface area is 196 Å². The second-order valence-electron chi connectivity index (χ2n) is 8.29. The minimum Gasteiger partial charge on any atom is -0.504 e.